The van der Waals surface area contributed by atoms with E-state index in [9.17, 15) is 14.4 Å². The van der Waals surface area contributed by atoms with E-state index < -0.39 is 17.8 Å². The predicted molar refractivity (Wildman–Crippen MR) is 91.8 cm³/mol. The first kappa shape index (κ1) is 18.9. The van der Waals surface area contributed by atoms with Gasteiger partial charge < -0.3 is 24.8 Å². The number of hydrogen-bond donors (Lipinski definition) is 2. The second-order valence-corrected chi connectivity index (χ2v) is 5.96. The van der Waals surface area contributed by atoms with Crippen LogP contribution in [-0.4, -0.2) is 61.8 Å². The van der Waals surface area contributed by atoms with Gasteiger partial charge in [0.25, 0.3) is 5.91 Å². The summed E-state index contributed by atoms with van der Waals surface area (Å²) in [6.07, 6.45) is 0. The molecule has 1 aromatic carbocycles. The quantitative estimate of drug-likeness (QED) is 0.668. The number of nitrogens with zero attached hydrogens (tertiary/aromatic N) is 1. The molecule has 1 amide bonds. The maximum atomic E-state index is 12.5. The van der Waals surface area contributed by atoms with E-state index in [1.165, 1.54) is 31.3 Å². The van der Waals surface area contributed by atoms with Gasteiger partial charge in [-0.25, -0.2) is 9.59 Å². The van der Waals surface area contributed by atoms with Crippen molar-refractivity contribution >= 4 is 39.5 Å². The van der Waals surface area contributed by atoms with Crippen molar-refractivity contribution in [2.75, 3.05) is 39.2 Å². The van der Waals surface area contributed by atoms with Crippen molar-refractivity contribution in [3.63, 3.8) is 0 Å². The Labute approximate surface area is 152 Å². The average Bonchev–Trinajstić information content (AvgIpc) is 2.92. The largest absolute Gasteiger partial charge is 0.466 e. The lowest BCUT2D eigenvalue weighted by molar-refractivity contribution is -0.136. The molecule has 2 N–H and O–H groups in total. The molecule has 0 aromatic heterocycles. The van der Waals surface area contributed by atoms with Crippen LogP contribution in [0.2, 0.25) is 0 Å². The zero-order valence-electron chi connectivity index (χ0n) is 13.7. The third kappa shape index (κ3) is 3.99. The molecule has 0 unspecified atom stereocenters. The van der Waals surface area contributed by atoms with Crippen LogP contribution in [0.25, 0.3) is 0 Å². The van der Waals surface area contributed by atoms with Gasteiger partial charge in [0.15, 0.2) is 0 Å². The highest BCUT2D eigenvalue weighted by atomic mass is 79.9. The van der Waals surface area contributed by atoms with Gasteiger partial charge in [-0.15, -0.1) is 0 Å². The number of rotatable bonds is 6. The van der Waals surface area contributed by atoms with E-state index in [1.54, 1.807) is 6.07 Å². The van der Waals surface area contributed by atoms with Crippen molar-refractivity contribution in [3.05, 3.63) is 39.5 Å². The molecule has 0 aliphatic carbocycles. The Kier molecular flexibility index (Phi) is 6.16. The van der Waals surface area contributed by atoms with Crippen molar-refractivity contribution in [1.29, 1.82) is 0 Å². The number of anilines is 1. The Bertz CT molecular complexity index is 746. The van der Waals surface area contributed by atoms with Gasteiger partial charge in [0.1, 0.15) is 5.70 Å². The predicted octanol–water partition coefficient (Wildman–Crippen LogP) is 0.909. The summed E-state index contributed by atoms with van der Waals surface area (Å²) in [5, 5.41) is 12.0. The summed E-state index contributed by atoms with van der Waals surface area (Å²) in [4.78, 5) is 37.3. The molecule has 1 aliphatic heterocycles. The van der Waals surface area contributed by atoms with E-state index in [-0.39, 0.29) is 31.0 Å². The summed E-state index contributed by atoms with van der Waals surface area (Å²) in [6, 6.07) is 4.65. The zero-order chi connectivity index (χ0) is 18.6. The topological polar surface area (TPSA) is 105 Å². The number of methoxy groups -OCH3 is 2. The minimum absolute atomic E-state index is 0.0479. The van der Waals surface area contributed by atoms with E-state index in [0.29, 0.717) is 15.7 Å². The first-order chi connectivity index (χ1) is 11.9. The second-order valence-electron chi connectivity index (χ2n) is 5.11. The number of aliphatic hydroxyl groups excluding tert-OH is 1. The molecule has 0 saturated heterocycles. The minimum Gasteiger partial charge on any atom is -0.466 e. The van der Waals surface area contributed by atoms with Crippen molar-refractivity contribution in [2.45, 2.75) is 0 Å². The van der Waals surface area contributed by atoms with Crippen LogP contribution >= 0.6 is 15.9 Å². The molecule has 1 aliphatic rings. The summed E-state index contributed by atoms with van der Waals surface area (Å²) in [7, 11) is 2.51. The number of carbonyl (C=O) groups excluding carboxylic acids is 3. The Hall–Kier alpha value is -2.39. The van der Waals surface area contributed by atoms with Crippen molar-refractivity contribution in [3.8, 4) is 0 Å². The maximum Gasteiger partial charge on any atom is 0.337 e. The van der Waals surface area contributed by atoms with E-state index in [2.05, 4.69) is 26.0 Å². The van der Waals surface area contributed by atoms with Crippen LogP contribution in [-0.2, 0) is 19.1 Å². The molecule has 2 rings (SSSR count). The third-order valence-corrected chi connectivity index (χ3v) is 4.26. The lowest BCUT2D eigenvalue weighted by Gasteiger charge is -2.15. The number of nitrogens with one attached hydrogen (secondary N) is 1. The molecule has 0 bridgehead atoms. The number of hydrogen-bond acceptors (Lipinski definition) is 7. The van der Waals surface area contributed by atoms with Crippen LogP contribution in [0.4, 0.5) is 5.69 Å². The molecule has 0 atom stereocenters. The van der Waals surface area contributed by atoms with E-state index in [4.69, 9.17) is 9.84 Å². The molecular weight excluding hydrogens is 396 g/mol. The number of β-amino-alcohol motifs (C(OH)–C–C–N with tert-alkyl or cyclic N) is 1. The van der Waals surface area contributed by atoms with E-state index >= 15 is 0 Å². The van der Waals surface area contributed by atoms with E-state index in [1.807, 2.05) is 0 Å². The van der Waals surface area contributed by atoms with Crippen LogP contribution in [0.5, 0.6) is 0 Å². The Morgan fingerprint density at radius 3 is 2.52 bits per heavy atom. The first-order valence-corrected chi connectivity index (χ1v) is 8.08. The molecular formula is C16H17BrN2O6. The molecule has 0 fully saturated rings. The molecule has 9 heteroatoms. The summed E-state index contributed by atoms with van der Waals surface area (Å²) in [5.74, 6) is -1.54. The van der Waals surface area contributed by atoms with Crippen molar-refractivity contribution < 1.29 is 29.0 Å². The fraction of sp³-hybridized carbons (Fsp3) is 0.312. The number of benzene rings is 1. The Morgan fingerprint density at radius 1 is 1.28 bits per heavy atom. The number of aliphatic hydroxyl groups is 1. The van der Waals surface area contributed by atoms with Crippen LogP contribution in [0.3, 0.4) is 0 Å². The fourth-order valence-corrected chi connectivity index (χ4v) is 2.82. The van der Waals surface area contributed by atoms with Crippen LogP contribution in [0.1, 0.15) is 10.4 Å². The average molecular weight is 413 g/mol. The number of esters is 2. The standard InChI is InChI=1S/C16H17BrN2O6/c1-24-15(22)9-3-4-12(11(17)7-9)18-13-10(16(23)25-2)8-19(5-6-20)14(13)21/h3-4,7,18,20H,5-6,8H2,1-2H3. The smallest absolute Gasteiger partial charge is 0.337 e. The highest BCUT2D eigenvalue weighted by molar-refractivity contribution is 9.10. The molecule has 134 valence electrons. The number of ether oxygens (including phenoxy) is 2. The summed E-state index contributed by atoms with van der Waals surface area (Å²) >= 11 is 3.32. The van der Waals surface area contributed by atoms with Crippen LogP contribution < -0.4 is 5.32 Å². The molecule has 8 nitrogen and oxygen atoms in total. The highest BCUT2D eigenvalue weighted by Gasteiger charge is 2.34. The highest BCUT2D eigenvalue weighted by Crippen LogP contribution is 2.28. The zero-order valence-corrected chi connectivity index (χ0v) is 15.3. The van der Waals surface area contributed by atoms with Crippen LogP contribution in [0, 0.1) is 0 Å². The Balaban J connectivity index is 2.33. The lowest BCUT2D eigenvalue weighted by Crippen LogP contribution is -2.31. The Morgan fingerprint density at radius 2 is 1.96 bits per heavy atom. The molecule has 1 aromatic rings. The monoisotopic (exact) mass is 412 g/mol. The van der Waals surface area contributed by atoms with Gasteiger partial charge in [-0.05, 0) is 34.1 Å². The van der Waals surface area contributed by atoms with Gasteiger partial charge in [0.2, 0.25) is 0 Å². The van der Waals surface area contributed by atoms with Gasteiger partial charge in [0.05, 0.1) is 44.2 Å². The van der Waals surface area contributed by atoms with Gasteiger partial charge in [-0.1, -0.05) is 0 Å². The molecule has 25 heavy (non-hydrogen) atoms. The molecule has 0 radical (unpaired) electrons. The molecule has 0 saturated carbocycles. The second kappa shape index (κ2) is 8.13. The normalized spacial score (nSPS) is 13.9. The minimum atomic E-state index is -0.626. The summed E-state index contributed by atoms with van der Waals surface area (Å²) in [5.41, 5.74) is 1.07. The fourth-order valence-electron chi connectivity index (χ4n) is 2.34. The SMILES string of the molecule is COC(=O)C1=C(Nc2ccc(C(=O)OC)cc2Br)C(=O)N(CCO)C1. The first-order valence-electron chi connectivity index (χ1n) is 7.29. The van der Waals surface area contributed by atoms with E-state index in [0.717, 1.165) is 0 Å². The number of halogens is 1. The lowest BCUT2D eigenvalue weighted by atomic mass is 10.2. The van der Waals surface area contributed by atoms with Crippen molar-refractivity contribution in [1.82, 2.24) is 4.90 Å². The van der Waals surface area contributed by atoms with Crippen LogP contribution in [0.15, 0.2) is 33.9 Å². The molecule has 1 heterocycles. The summed E-state index contributed by atoms with van der Waals surface area (Å²) in [6.45, 7) is -0.0653. The van der Waals surface area contributed by atoms with Gasteiger partial charge in [-0.3, -0.25) is 4.79 Å². The summed E-state index contributed by atoms with van der Waals surface area (Å²) < 4.78 is 9.89. The molecule has 0 spiro atoms. The van der Waals surface area contributed by atoms with Crippen molar-refractivity contribution in [2.24, 2.45) is 0 Å². The van der Waals surface area contributed by atoms with Gasteiger partial charge >= 0.3 is 11.9 Å². The maximum absolute atomic E-state index is 12.5. The van der Waals surface area contributed by atoms with Gasteiger partial charge in [0, 0.05) is 11.0 Å². The number of amides is 1. The third-order valence-electron chi connectivity index (χ3n) is 3.60. The number of carbonyl (C=O) groups is 3. The van der Waals surface area contributed by atoms with Gasteiger partial charge in [-0.2, -0.15) is 0 Å².